The first-order valence-corrected chi connectivity index (χ1v) is 45.1. The van der Waals surface area contributed by atoms with Gasteiger partial charge in [-0.1, -0.05) is 104 Å². The molecule has 0 spiro atoms. The summed E-state index contributed by atoms with van der Waals surface area (Å²) in [4.78, 5) is 102. The van der Waals surface area contributed by atoms with Crippen LogP contribution in [0.3, 0.4) is 0 Å². The number of amides is 3. The molecule has 8 aromatic rings. The summed E-state index contributed by atoms with van der Waals surface area (Å²) in [7, 11) is 14.7. The highest BCUT2D eigenvalue weighted by molar-refractivity contribution is 5.96. The molecule has 28 heteroatoms. The Morgan fingerprint density at radius 1 is 0.452 bits per heavy atom. The molecule has 3 amide bonds. The fourth-order valence-corrected chi connectivity index (χ4v) is 19.8. The van der Waals surface area contributed by atoms with Gasteiger partial charge in [-0.3, -0.25) is 14.4 Å². The Morgan fingerprint density at radius 2 is 0.889 bits per heavy atom. The number of piperidine rings is 1. The number of hydrogen-bond donors (Lipinski definition) is 0. The van der Waals surface area contributed by atoms with Gasteiger partial charge in [-0.25, -0.2) is 9.97 Å². The van der Waals surface area contributed by atoms with E-state index in [1.54, 1.807) is 15.9 Å². The molecule has 28 nitrogen and oxygen atoms in total. The number of fused-ring (bicyclic) bond motifs is 5. The third-order valence-electron chi connectivity index (χ3n) is 27.1. The van der Waals surface area contributed by atoms with E-state index >= 15 is 0 Å². The minimum absolute atomic E-state index is 0.0414. The van der Waals surface area contributed by atoms with Crippen LogP contribution in [0.1, 0.15) is 96.3 Å². The summed E-state index contributed by atoms with van der Waals surface area (Å²) in [6.07, 6.45) is 15.2. The molecule has 0 aliphatic carbocycles. The van der Waals surface area contributed by atoms with Crippen molar-refractivity contribution >= 4 is 85.7 Å². The van der Waals surface area contributed by atoms with Crippen molar-refractivity contribution in [2.45, 2.75) is 140 Å². The molecule has 12 heterocycles. The SMILES string of the molecule is C=CC(=O)N1CCN(c2nc(N3CCCC(N(C)C)C3)nc3c2CCN(c2cccc4ccccc24)C3)C[C@@H]1CC#N.C=CC(=O)N1CCN(c2nc(N3CC[C@H](N(C)C)C3)nc3c2CCN(c2cccc4ccccc24)C3)C[C@@H]1CC#N.Cc1cccc(N2CCc3c(nc(OC[C@@H]4CCCN4C)nc3N3CCN(C(=O)/C=C/CN(C)C)[C@@H](CC#N)C3)C2)c1C. The van der Waals surface area contributed by atoms with Gasteiger partial charge in [0.1, 0.15) is 24.1 Å². The minimum atomic E-state index is -0.215. The summed E-state index contributed by atoms with van der Waals surface area (Å²) < 4.78 is 6.30. The fourth-order valence-electron chi connectivity index (χ4n) is 19.8. The number of carbonyl (C=O) groups is 3. The highest BCUT2D eigenvalue weighted by atomic mass is 16.5. The molecule has 6 saturated heterocycles. The molecule has 17 rings (SSSR count). The smallest absolute Gasteiger partial charge is 0.318 e. The van der Waals surface area contributed by atoms with Gasteiger partial charge in [0.2, 0.25) is 29.6 Å². The Labute approximate surface area is 743 Å². The van der Waals surface area contributed by atoms with Crippen LogP contribution in [0.4, 0.5) is 46.4 Å². The molecule has 6 fully saturated rings. The zero-order chi connectivity index (χ0) is 88.2. The van der Waals surface area contributed by atoms with E-state index in [0.29, 0.717) is 116 Å². The lowest BCUT2D eigenvalue weighted by Crippen LogP contribution is -2.55. The number of piperazine rings is 3. The number of likely N-dealkylation sites (tertiary alicyclic amines) is 1. The number of likely N-dealkylation sites (N-methyl/N-ethyl adjacent to an activating group) is 4. The topological polar surface area (TPSA) is 258 Å². The highest BCUT2D eigenvalue weighted by Gasteiger charge is 2.40. The molecule has 0 N–H and O–H groups in total. The predicted molar refractivity (Wildman–Crippen MR) is 500 cm³/mol. The summed E-state index contributed by atoms with van der Waals surface area (Å²) in [6.45, 7) is 27.7. The van der Waals surface area contributed by atoms with Crippen LogP contribution in [0.2, 0.25) is 0 Å². The van der Waals surface area contributed by atoms with Crippen molar-refractivity contribution in [3.63, 3.8) is 0 Å². The lowest BCUT2D eigenvalue weighted by atomic mass is 10.0. The van der Waals surface area contributed by atoms with Gasteiger partial charge in [-0.05, 0) is 173 Å². The Bertz CT molecular complexity index is 5410. The highest BCUT2D eigenvalue weighted by Crippen LogP contribution is 2.41. The lowest BCUT2D eigenvalue weighted by molar-refractivity contribution is -0.129. The molecule has 0 radical (unpaired) electrons. The van der Waals surface area contributed by atoms with E-state index in [-0.39, 0.29) is 55.1 Å². The number of aromatic nitrogens is 6. The number of rotatable bonds is 21. The van der Waals surface area contributed by atoms with Crippen molar-refractivity contribution < 1.29 is 19.1 Å². The number of anilines is 8. The first-order valence-electron chi connectivity index (χ1n) is 45.1. The second kappa shape index (κ2) is 40.5. The van der Waals surface area contributed by atoms with Crippen molar-refractivity contribution in [1.82, 2.24) is 64.2 Å². The zero-order valence-electron chi connectivity index (χ0n) is 75.2. The number of nitrogens with zero attached hydrogens (tertiary/aromatic N) is 24. The molecule has 5 aromatic carbocycles. The van der Waals surface area contributed by atoms with E-state index in [1.807, 2.05) is 30.0 Å². The van der Waals surface area contributed by atoms with E-state index in [1.165, 1.54) is 85.9 Å². The van der Waals surface area contributed by atoms with Crippen LogP contribution in [0.25, 0.3) is 21.5 Å². The van der Waals surface area contributed by atoms with Gasteiger partial charge in [-0.15, -0.1) is 0 Å². The predicted octanol–water partition coefficient (Wildman–Crippen LogP) is 10.5. The average molecular weight is 1700 g/mol. The van der Waals surface area contributed by atoms with E-state index in [9.17, 15) is 30.2 Å². The van der Waals surface area contributed by atoms with E-state index in [4.69, 9.17) is 34.6 Å². The van der Waals surface area contributed by atoms with Gasteiger partial charge < -0.3 is 78.2 Å². The van der Waals surface area contributed by atoms with Gasteiger partial charge in [0.15, 0.2) is 0 Å². The second-order valence-electron chi connectivity index (χ2n) is 35.7. The van der Waals surface area contributed by atoms with Crippen molar-refractivity contribution in [2.24, 2.45) is 0 Å². The van der Waals surface area contributed by atoms with Gasteiger partial charge in [0, 0.05) is 180 Å². The van der Waals surface area contributed by atoms with Crippen molar-refractivity contribution in [2.75, 3.05) is 213 Å². The van der Waals surface area contributed by atoms with Crippen LogP contribution < -0.4 is 43.9 Å². The van der Waals surface area contributed by atoms with Crippen LogP contribution in [0.5, 0.6) is 6.01 Å². The molecule has 0 saturated carbocycles. The minimum Gasteiger partial charge on any atom is -0.462 e. The first kappa shape index (κ1) is 88.8. The zero-order valence-corrected chi connectivity index (χ0v) is 75.2. The fraction of sp³-hybridized carbons (Fsp3) is 0.490. The number of ether oxygens (including phenoxy) is 1. The molecule has 6 atom stereocenters. The molecule has 660 valence electrons. The third kappa shape index (κ3) is 20.0. The molecule has 9 aliphatic rings. The quantitative estimate of drug-likeness (QED) is 0.0606. The lowest BCUT2D eigenvalue weighted by Gasteiger charge is -2.43. The molecular weight excluding hydrogens is 1580 g/mol. The third-order valence-corrected chi connectivity index (χ3v) is 27.1. The van der Waals surface area contributed by atoms with Crippen molar-refractivity contribution in [3.8, 4) is 24.2 Å². The molecule has 1 unspecified atom stereocenters. The summed E-state index contributed by atoms with van der Waals surface area (Å²) in [5.74, 6) is 4.11. The number of carbonyl (C=O) groups excluding carboxylic acids is 3. The standard InChI is InChI=1S/C33H46N8O2.C33H40N8O.C32H38N8O/c1-24-9-6-11-30(25(24)2)39-18-14-28-29(22-39)35-33(43-23-27-10-7-17-38(27)5)36-32(28)40-19-20-41(26(21-40)13-15-34)31(42)12-8-16-37(3)4;1-4-31(42)41-20-19-39(22-26(41)14-16-34)32-28-15-18-38(30-13-7-10-24-9-5-6-12-27(24)30)23-29(28)35-33(36-32)40-17-8-11-25(21-40)37(2)3;1-4-30(41)40-19-18-38(21-25(40)12-15-33)31-27-14-17-37(29-11-7-9-23-8-5-6-10-26(23)29)22-28(27)34-32(35-31)39-16-13-24(20-39)36(2)3/h6,8-9,11-12,26-27H,7,10,13-14,16-23H2,1-5H3;4-7,9-10,12-13,25-26H,1,8,11,14-15,17-23H2,2-3H3;4-11,24-25H,1,12-14,16-22H2,2-3H3/b12-8+;;/t26-,27-;25?,26-;24-,25-/m000/s1. The number of aryl methyl sites for hydroxylation is 1. The number of benzene rings is 5. The normalized spacial score (nSPS) is 20.9. The molecule has 9 aliphatic heterocycles. The molecule has 126 heavy (non-hydrogen) atoms. The van der Waals surface area contributed by atoms with E-state index < -0.39 is 0 Å². The van der Waals surface area contributed by atoms with E-state index in [2.05, 4.69) is 237 Å². The molecule has 3 aromatic heterocycles. The van der Waals surface area contributed by atoms with Crippen molar-refractivity contribution in [1.29, 1.82) is 15.8 Å². The maximum absolute atomic E-state index is 13.1. The number of hydrogen-bond acceptors (Lipinski definition) is 25. The van der Waals surface area contributed by atoms with E-state index in [0.717, 1.165) is 143 Å². The molecule has 0 bridgehead atoms. The molecular formula is C98H124N24O4. The summed E-state index contributed by atoms with van der Waals surface area (Å²) in [5, 5.41) is 33.7. The van der Waals surface area contributed by atoms with Crippen LogP contribution in [0.15, 0.2) is 141 Å². The second-order valence-corrected chi connectivity index (χ2v) is 35.7. The summed E-state index contributed by atoms with van der Waals surface area (Å²) in [5.41, 5.74) is 12.9. The van der Waals surface area contributed by atoms with Crippen LogP contribution >= 0.6 is 0 Å². The van der Waals surface area contributed by atoms with Gasteiger partial charge in [0.25, 0.3) is 0 Å². The van der Waals surface area contributed by atoms with Crippen LogP contribution in [-0.4, -0.2) is 292 Å². The van der Waals surface area contributed by atoms with Crippen LogP contribution in [-0.2, 0) is 53.3 Å². The Hall–Kier alpha value is -12.0. The monoisotopic (exact) mass is 1700 g/mol. The van der Waals surface area contributed by atoms with Crippen LogP contribution in [0, 0.1) is 47.8 Å². The average Bonchev–Trinajstić information content (AvgIpc) is 0.827. The Morgan fingerprint density at radius 3 is 1.36 bits per heavy atom. The van der Waals surface area contributed by atoms with Gasteiger partial charge >= 0.3 is 6.01 Å². The van der Waals surface area contributed by atoms with Crippen molar-refractivity contribution in [3.05, 3.63) is 185 Å². The van der Waals surface area contributed by atoms with Gasteiger partial charge in [0.05, 0.1) is 92.3 Å². The first-order chi connectivity index (χ1) is 61.2. The number of nitriles is 3. The Balaban J connectivity index is 0.000000146. The maximum atomic E-state index is 13.1. The summed E-state index contributed by atoms with van der Waals surface area (Å²) in [6, 6.07) is 44.6. The Kier molecular flexibility index (Phi) is 28.6. The maximum Gasteiger partial charge on any atom is 0.318 e. The summed E-state index contributed by atoms with van der Waals surface area (Å²) >= 11 is 0. The largest absolute Gasteiger partial charge is 0.462 e. The van der Waals surface area contributed by atoms with Gasteiger partial charge in [-0.2, -0.15) is 35.7 Å².